The number of pyridine rings is 1. The van der Waals surface area contributed by atoms with Gasteiger partial charge in [0.2, 0.25) is 0 Å². The van der Waals surface area contributed by atoms with Gasteiger partial charge in [-0.05, 0) is 143 Å². The van der Waals surface area contributed by atoms with Crippen LogP contribution in [0, 0.1) is 50.7 Å². The van der Waals surface area contributed by atoms with Crippen molar-refractivity contribution in [2.75, 3.05) is 27.7 Å². The van der Waals surface area contributed by atoms with Gasteiger partial charge in [-0.3, -0.25) is 23.9 Å². The Hall–Kier alpha value is -3.44. The Morgan fingerprint density at radius 3 is 2.28 bits per heavy atom. The molecule has 12 heteroatoms. The van der Waals surface area contributed by atoms with Crippen molar-refractivity contribution in [3.05, 3.63) is 50.5 Å². The normalized spacial score (nSPS) is 33.6. The number of allylic oxidation sites excluding steroid dienone is 2. The van der Waals surface area contributed by atoms with E-state index in [9.17, 15) is 24.3 Å². The van der Waals surface area contributed by atoms with E-state index in [0.717, 1.165) is 62.6 Å². The van der Waals surface area contributed by atoms with Crippen LogP contribution >= 0.6 is 11.6 Å². The molecule has 60 heavy (non-hydrogen) atoms. The first-order chi connectivity index (χ1) is 27.9. The number of aromatic nitrogens is 3. The molecular weight excluding hydrogens is 780 g/mol. The second-order valence-corrected chi connectivity index (χ2v) is 22.1. The average Bonchev–Trinajstić information content (AvgIpc) is 3.61. The summed E-state index contributed by atoms with van der Waals surface area (Å²) in [5, 5.41) is 9.85. The zero-order valence-electron chi connectivity index (χ0n) is 38.2. The Kier molecular flexibility index (Phi) is 11.2. The molecule has 5 aliphatic rings. The minimum atomic E-state index is -1.19. The van der Waals surface area contributed by atoms with E-state index in [0.29, 0.717) is 42.9 Å². The highest BCUT2D eigenvalue weighted by Crippen LogP contribution is 2.77. The number of nitrogens with zero attached hydrogens (tertiary/aromatic N) is 4. The maximum Gasteiger partial charge on any atom is 0.309 e. The number of carbonyl (C=O) groups excluding carboxylic acids is 2. The molecule has 11 nitrogen and oxygen atoms in total. The first kappa shape index (κ1) is 44.6. The third-order valence-electron chi connectivity index (χ3n) is 17.3. The summed E-state index contributed by atoms with van der Waals surface area (Å²) in [5.41, 5.74) is 0.226. The highest BCUT2D eigenvalue weighted by molar-refractivity contribution is 6.31. The molecule has 8 atom stereocenters. The summed E-state index contributed by atoms with van der Waals surface area (Å²) in [6, 6.07) is 3.59. The van der Waals surface area contributed by atoms with Gasteiger partial charge in [0.15, 0.2) is 11.6 Å². The summed E-state index contributed by atoms with van der Waals surface area (Å²) in [7, 11) is 5.62. The largest absolute Gasteiger partial charge is 0.495 e. The Morgan fingerprint density at radius 2 is 1.68 bits per heavy atom. The number of methoxy groups -OCH3 is 1. The zero-order chi connectivity index (χ0) is 44.1. The van der Waals surface area contributed by atoms with Gasteiger partial charge in [0.25, 0.3) is 5.56 Å². The fourth-order valence-corrected chi connectivity index (χ4v) is 14.4. The van der Waals surface area contributed by atoms with Gasteiger partial charge >= 0.3 is 11.9 Å². The quantitative estimate of drug-likeness (QED) is 0.220. The van der Waals surface area contributed by atoms with E-state index in [1.165, 1.54) is 5.57 Å². The molecule has 0 aromatic carbocycles. The Bertz CT molecular complexity index is 2150. The highest BCUT2D eigenvalue weighted by atomic mass is 35.5. The van der Waals surface area contributed by atoms with Crippen molar-refractivity contribution in [2.45, 2.75) is 145 Å². The molecule has 1 N–H and O–H groups in total. The minimum absolute atomic E-state index is 0.00155. The molecule has 5 aliphatic carbocycles. The summed E-state index contributed by atoms with van der Waals surface area (Å²) >= 11 is 7.36. The van der Waals surface area contributed by atoms with E-state index in [1.54, 1.807) is 44.0 Å². The SMILES string of the molecule is COc1ccc(-n2c(=O)c(Cl)c(C34CC[C@]5(C)C(CCC6C7(C)CCC(OC(=O)CC(C)(C)C(=O)O)C(C)(C)C7CCC65C)C3=C(C(C)C)C(=O)C4)n2CCN(C)C)nc1. The van der Waals surface area contributed by atoms with E-state index in [2.05, 4.69) is 58.4 Å². The van der Waals surface area contributed by atoms with Crippen molar-refractivity contribution < 1.29 is 29.0 Å². The van der Waals surface area contributed by atoms with Gasteiger partial charge < -0.3 is 19.5 Å². The number of esters is 1. The molecule has 0 aliphatic heterocycles. The minimum Gasteiger partial charge on any atom is -0.495 e. The van der Waals surface area contributed by atoms with Crippen LogP contribution in [0.5, 0.6) is 5.75 Å². The van der Waals surface area contributed by atoms with Gasteiger partial charge in [-0.25, -0.2) is 4.98 Å². The van der Waals surface area contributed by atoms with Crippen molar-refractivity contribution in [1.29, 1.82) is 0 Å². The summed E-state index contributed by atoms with van der Waals surface area (Å²) < 4.78 is 15.2. The standard InChI is InChI=1S/C48H69ClN4O7/c1-28(2)37-31(54)25-48(40-39(49)41(56)53(52(40)24-23-51(10)11)35-16-13-29(59-12)27-50-35)22-21-46(8)30(38(37)48)14-15-33-45(7)19-18-34(60-36(55)26-43(3,4)42(57)58)44(5,6)32(45)17-20-47(33,46)9/h13,16,27-28,30,32-34H,14-15,17-26H2,1-12H3,(H,57,58)/t30?,32?,33?,34?,45?,46-,47?,48?/m1/s1. The number of likely N-dealkylation sites (N-methyl/N-ethyl adjacent to an activating group) is 1. The van der Waals surface area contributed by atoms with Crippen molar-refractivity contribution >= 4 is 29.3 Å². The van der Waals surface area contributed by atoms with Crippen LogP contribution in [0.15, 0.2) is 34.3 Å². The van der Waals surface area contributed by atoms with Gasteiger partial charge in [0.1, 0.15) is 16.9 Å². The van der Waals surface area contributed by atoms with Crippen LogP contribution in [0.3, 0.4) is 0 Å². The van der Waals surface area contributed by atoms with Crippen molar-refractivity contribution in [3.8, 4) is 11.6 Å². The summed E-state index contributed by atoms with van der Waals surface area (Å²) in [6.07, 6.45) is 8.79. The number of fused-ring (bicyclic) bond motifs is 7. The lowest BCUT2D eigenvalue weighted by Gasteiger charge is -2.72. The third kappa shape index (κ3) is 6.55. The third-order valence-corrected chi connectivity index (χ3v) is 17.6. The molecule has 0 bridgehead atoms. The Labute approximate surface area is 361 Å². The molecular formula is C48H69ClN4O7. The Morgan fingerprint density at radius 1 is 0.983 bits per heavy atom. The lowest BCUT2D eigenvalue weighted by molar-refractivity contribution is -0.232. The highest BCUT2D eigenvalue weighted by Gasteiger charge is 2.71. The van der Waals surface area contributed by atoms with E-state index in [-0.39, 0.29) is 62.4 Å². The fourth-order valence-electron chi connectivity index (χ4n) is 14.1. The van der Waals surface area contributed by atoms with Crippen LogP contribution in [0.2, 0.25) is 5.02 Å². The molecule has 4 fully saturated rings. The van der Waals surface area contributed by atoms with E-state index in [1.807, 2.05) is 18.8 Å². The molecule has 7 rings (SSSR count). The monoisotopic (exact) mass is 848 g/mol. The Balaban J connectivity index is 1.29. The predicted octanol–water partition coefficient (Wildman–Crippen LogP) is 8.90. The van der Waals surface area contributed by atoms with Crippen molar-refractivity contribution in [2.24, 2.45) is 50.7 Å². The lowest BCUT2D eigenvalue weighted by Crippen LogP contribution is -2.66. The molecule has 2 heterocycles. The first-order valence-corrected chi connectivity index (χ1v) is 22.7. The van der Waals surface area contributed by atoms with Crippen LogP contribution < -0.4 is 10.3 Å². The number of hydrogen-bond donors (Lipinski definition) is 1. The van der Waals surface area contributed by atoms with Crippen molar-refractivity contribution in [3.63, 3.8) is 0 Å². The number of aliphatic carboxylic acids is 1. The van der Waals surface area contributed by atoms with Crippen LogP contribution in [0.1, 0.15) is 132 Å². The lowest BCUT2D eigenvalue weighted by atomic mass is 9.33. The van der Waals surface area contributed by atoms with Gasteiger partial charge in [0, 0.05) is 23.8 Å². The molecule has 7 unspecified atom stereocenters. The first-order valence-electron chi connectivity index (χ1n) is 22.3. The van der Waals surface area contributed by atoms with E-state index in [4.69, 9.17) is 21.1 Å². The average molecular weight is 850 g/mol. The number of ether oxygens (including phenoxy) is 2. The van der Waals surface area contributed by atoms with Crippen LogP contribution in [0.4, 0.5) is 0 Å². The predicted molar refractivity (Wildman–Crippen MR) is 233 cm³/mol. The second-order valence-electron chi connectivity index (χ2n) is 21.7. The fraction of sp³-hybridized carbons (Fsp3) is 0.729. The van der Waals surface area contributed by atoms with Gasteiger partial charge in [-0.2, -0.15) is 4.68 Å². The number of ketones is 1. The maximum atomic E-state index is 14.7. The van der Waals surface area contributed by atoms with Crippen molar-refractivity contribution in [1.82, 2.24) is 19.2 Å². The van der Waals surface area contributed by atoms with Crippen LogP contribution in [0.25, 0.3) is 5.82 Å². The number of carbonyl (C=O) groups is 3. The number of hydrogen-bond acceptors (Lipinski definition) is 8. The molecule has 4 saturated carbocycles. The second kappa shape index (κ2) is 15.1. The summed E-state index contributed by atoms with van der Waals surface area (Å²) in [6.45, 7) is 20.7. The molecule has 2 aromatic rings. The topological polar surface area (TPSA) is 133 Å². The smallest absolute Gasteiger partial charge is 0.309 e. The summed E-state index contributed by atoms with van der Waals surface area (Å²) in [4.78, 5) is 60.9. The molecule has 0 radical (unpaired) electrons. The number of Topliss-reactive ketones (excluding diaryl/α,β-unsaturated/α-hetero) is 1. The van der Waals surface area contributed by atoms with Crippen LogP contribution in [-0.4, -0.2) is 75.9 Å². The molecule has 0 amide bonds. The molecule has 0 spiro atoms. The number of rotatable bonds is 11. The zero-order valence-corrected chi connectivity index (χ0v) is 38.9. The summed E-state index contributed by atoms with van der Waals surface area (Å²) in [5.74, 6) is 0.665. The molecule has 2 aromatic heterocycles. The van der Waals surface area contributed by atoms with E-state index < -0.39 is 22.8 Å². The molecule has 330 valence electrons. The van der Waals surface area contributed by atoms with Gasteiger partial charge in [-0.15, -0.1) is 0 Å². The number of carboxylic acids is 1. The van der Waals surface area contributed by atoms with Gasteiger partial charge in [0.05, 0.1) is 37.4 Å². The van der Waals surface area contributed by atoms with Gasteiger partial charge in [-0.1, -0.05) is 60.1 Å². The van der Waals surface area contributed by atoms with Crippen LogP contribution in [-0.2, 0) is 31.1 Å². The number of carboxylic acid groups (broad SMARTS) is 1. The van der Waals surface area contributed by atoms with E-state index >= 15 is 0 Å². The molecule has 0 saturated heterocycles. The maximum absolute atomic E-state index is 14.7. The number of halogens is 1.